The molecule has 0 aliphatic carbocycles. The number of nitrogens with one attached hydrogen (secondary N) is 1. The Morgan fingerprint density at radius 1 is 1.03 bits per heavy atom. The zero-order chi connectivity index (χ0) is 21.8. The van der Waals surface area contributed by atoms with E-state index in [1.54, 1.807) is 0 Å². The molecule has 0 saturated carbocycles. The van der Waals surface area contributed by atoms with Crippen molar-refractivity contribution in [3.05, 3.63) is 74.2 Å². The highest BCUT2D eigenvalue weighted by atomic mass is 35.5. The van der Waals surface area contributed by atoms with Crippen molar-refractivity contribution in [1.29, 1.82) is 0 Å². The summed E-state index contributed by atoms with van der Waals surface area (Å²) in [6.45, 7) is 3.34. The molecule has 0 radical (unpaired) electrons. The van der Waals surface area contributed by atoms with Crippen molar-refractivity contribution in [3.63, 3.8) is 0 Å². The zero-order valence-electron chi connectivity index (χ0n) is 17.3. The molecule has 162 valence electrons. The Morgan fingerprint density at radius 3 is 2.58 bits per heavy atom. The minimum Gasteiger partial charge on any atom is -0.323 e. The van der Waals surface area contributed by atoms with Crippen LogP contribution >= 0.6 is 11.6 Å². The standard InChI is InChI=1S/C21H24ClN7O2/c1-2-3-10-27-18-17(25-20(22)26-18)19(30)28(21(27)31)11-7-12-29-16(23-14-24-29)13-15-8-5-4-6-9-15/h4-6,8-9,14H,2-3,7,10-13H2,1H3,(H,25,26). The van der Waals surface area contributed by atoms with E-state index < -0.39 is 5.56 Å². The van der Waals surface area contributed by atoms with Crippen LogP contribution in [0.1, 0.15) is 37.6 Å². The van der Waals surface area contributed by atoms with Gasteiger partial charge in [0, 0.05) is 26.1 Å². The van der Waals surface area contributed by atoms with Gasteiger partial charge < -0.3 is 4.98 Å². The summed E-state index contributed by atoms with van der Waals surface area (Å²) in [5.41, 5.74) is 0.943. The van der Waals surface area contributed by atoms with Gasteiger partial charge in [-0.3, -0.25) is 13.9 Å². The Kier molecular flexibility index (Phi) is 6.31. The number of nitrogens with zero attached hydrogens (tertiary/aromatic N) is 6. The molecular formula is C21H24ClN7O2. The minimum absolute atomic E-state index is 0.0997. The molecule has 10 heteroatoms. The number of halogens is 1. The number of aryl methyl sites for hydroxylation is 2. The summed E-state index contributed by atoms with van der Waals surface area (Å²) in [6.07, 6.45) is 4.48. The Balaban J connectivity index is 1.54. The normalized spacial score (nSPS) is 11.4. The van der Waals surface area contributed by atoms with Crippen molar-refractivity contribution < 1.29 is 0 Å². The average Bonchev–Trinajstić information content (AvgIpc) is 3.37. The van der Waals surface area contributed by atoms with Crippen molar-refractivity contribution in [2.75, 3.05) is 0 Å². The maximum absolute atomic E-state index is 13.0. The quantitative estimate of drug-likeness (QED) is 0.402. The van der Waals surface area contributed by atoms with Crippen molar-refractivity contribution >= 4 is 22.8 Å². The fourth-order valence-electron chi connectivity index (χ4n) is 3.62. The first-order valence-electron chi connectivity index (χ1n) is 10.4. The summed E-state index contributed by atoms with van der Waals surface area (Å²) in [5.74, 6) is 0.842. The minimum atomic E-state index is -0.407. The second-order valence-electron chi connectivity index (χ2n) is 7.39. The van der Waals surface area contributed by atoms with Gasteiger partial charge in [-0.2, -0.15) is 10.1 Å². The monoisotopic (exact) mass is 441 g/mol. The second-order valence-corrected chi connectivity index (χ2v) is 7.74. The van der Waals surface area contributed by atoms with E-state index in [0.717, 1.165) is 24.2 Å². The van der Waals surface area contributed by atoms with Crippen molar-refractivity contribution in [2.45, 2.75) is 52.2 Å². The fourth-order valence-corrected chi connectivity index (χ4v) is 3.80. The highest BCUT2D eigenvalue weighted by Crippen LogP contribution is 2.11. The summed E-state index contributed by atoms with van der Waals surface area (Å²) in [7, 11) is 0. The van der Waals surface area contributed by atoms with Gasteiger partial charge in [0.2, 0.25) is 5.28 Å². The second kappa shape index (κ2) is 9.30. The van der Waals surface area contributed by atoms with Crippen LogP contribution in [0.15, 0.2) is 46.2 Å². The lowest BCUT2D eigenvalue weighted by Crippen LogP contribution is -2.40. The number of fused-ring (bicyclic) bond motifs is 1. The summed E-state index contributed by atoms with van der Waals surface area (Å²) in [6, 6.07) is 10.0. The number of H-pyrrole nitrogens is 1. The third kappa shape index (κ3) is 4.46. The van der Waals surface area contributed by atoms with E-state index in [9.17, 15) is 9.59 Å². The number of aromatic nitrogens is 7. The lowest BCUT2D eigenvalue weighted by Gasteiger charge is -2.11. The topological polar surface area (TPSA) is 103 Å². The number of hydrogen-bond donors (Lipinski definition) is 1. The van der Waals surface area contributed by atoms with Gasteiger partial charge in [-0.05, 0) is 30.0 Å². The predicted octanol–water partition coefficient (Wildman–Crippen LogP) is 2.61. The number of imidazole rings is 1. The van der Waals surface area contributed by atoms with Crippen LogP contribution in [-0.4, -0.2) is 33.9 Å². The van der Waals surface area contributed by atoms with Crippen LogP contribution in [-0.2, 0) is 26.1 Å². The smallest absolute Gasteiger partial charge is 0.323 e. The van der Waals surface area contributed by atoms with E-state index in [1.807, 2.05) is 41.9 Å². The van der Waals surface area contributed by atoms with E-state index >= 15 is 0 Å². The first-order valence-corrected chi connectivity index (χ1v) is 10.8. The molecule has 4 rings (SSSR count). The van der Waals surface area contributed by atoms with E-state index in [1.165, 1.54) is 15.5 Å². The highest BCUT2D eigenvalue weighted by Gasteiger charge is 2.17. The molecule has 4 aromatic rings. The van der Waals surface area contributed by atoms with Gasteiger partial charge >= 0.3 is 5.69 Å². The van der Waals surface area contributed by atoms with E-state index in [4.69, 9.17) is 11.6 Å². The predicted molar refractivity (Wildman–Crippen MR) is 118 cm³/mol. The lowest BCUT2D eigenvalue weighted by atomic mass is 10.1. The Bertz CT molecular complexity index is 1290. The van der Waals surface area contributed by atoms with Crippen LogP contribution in [0, 0.1) is 0 Å². The molecule has 0 atom stereocenters. The van der Waals surface area contributed by atoms with E-state index in [2.05, 4.69) is 20.1 Å². The number of rotatable bonds is 9. The van der Waals surface area contributed by atoms with Gasteiger partial charge in [0.05, 0.1) is 0 Å². The summed E-state index contributed by atoms with van der Waals surface area (Å²) < 4.78 is 4.60. The molecule has 3 aromatic heterocycles. The molecule has 9 nitrogen and oxygen atoms in total. The van der Waals surface area contributed by atoms with Gasteiger partial charge in [-0.15, -0.1) is 0 Å². The van der Waals surface area contributed by atoms with Gasteiger partial charge in [0.1, 0.15) is 12.2 Å². The third-order valence-electron chi connectivity index (χ3n) is 5.22. The summed E-state index contributed by atoms with van der Waals surface area (Å²) in [5, 5.41) is 4.40. The lowest BCUT2D eigenvalue weighted by molar-refractivity contribution is 0.481. The number of benzene rings is 1. The molecule has 0 fully saturated rings. The number of aromatic amines is 1. The molecule has 0 bridgehead atoms. The van der Waals surface area contributed by atoms with Crippen molar-refractivity contribution in [3.8, 4) is 0 Å². The van der Waals surface area contributed by atoms with E-state index in [0.29, 0.717) is 31.6 Å². The molecule has 0 unspecified atom stereocenters. The van der Waals surface area contributed by atoms with Crippen LogP contribution in [0.5, 0.6) is 0 Å². The Labute approximate surface area is 183 Å². The molecule has 0 aliphatic rings. The average molecular weight is 442 g/mol. The molecule has 0 aliphatic heterocycles. The van der Waals surface area contributed by atoms with Crippen LogP contribution in [0.4, 0.5) is 0 Å². The van der Waals surface area contributed by atoms with Crippen molar-refractivity contribution in [2.24, 2.45) is 0 Å². The highest BCUT2D eigenvalue weighted by molar-refractivity contribution is 6.28. The maximum Gasteiger partial charge on any atom is 0.332 e. The molecule has 31 heavy (non-hydrogen) atoms. The van der Waals surface area contributed by atoms with Gasteiger partial charge in [-0.25, -0.2) is 14.5 Å². The molecular weight excluding hydrogens is 418 g/mol. The molecule has 0 spiro atoms. The third-order valence-corrected chi connectivity index (χ3v) is 5.40. The van der Waals surface area contributed by atoms with Gasteiger partial charge in [0.25, 0.3) is 5.56 Å². The first kappa shape index (κ1) is 21.0. The summed E-state index contributed by atoms with van der Waals surface area (Å²) >= 11 is 5.97. The van der Waals surface area contributed by atoms with Crippen LogP contribution in [0.3, 0.4) is 0 Å². The Morgan fingerprint density at radius 2 is 1.81 bits per heavy atom. The number of hydrogen-bond acceptors (Lipinski definition) is 5. The van der Waals surface area contributed by atoms with Crippen LogP contribution < -0.4 is 11.2 Å². The molecule has 0 amide bonds. The molecule has 0 saturated heterocycles. The van der Waals surface area contributed by atoms with Gasteiger partial charge in [-0.1, -0.05) is 43.7 Å². The van der Waals surface area contributed by atoms with Gasteiger partial charge in [0.15, 0.2) is 11.2 Å². The fraction of sp³-hybridized carbons (Fsp3) is 0.381. The maximum atomic E-state index is 13.0. The Hall–Kier alpha value is -3.20. The van der Waals surface area contributed by atoms with E-state index in [-0.39, 0.29) is 23.0 Å². The molecule has 1 N–H and O–H groups in total. The zero-order valence-corrected chi connectivity index (χ0v) is 18.0. The van der Waals surface area contributed by atoms with Crippen LogP contribution in [0.25, 0.3) is 11.2 Å². The molecule has 3 heterocycles. The van der Waals surface area contributed by atoms with Crippen LogP contribution in [0.2, 0.25) is 5.28 Å². The summed E-state index contributed by atoms with van der Waals surface area (Å²) in [4.78, 5) is 37.2. The molecule has 1 aromatic carbocycles. The largest absolute Gasteiger partial charge is 0.332 e. The number of unbranched alkanes of at least 4 members (excludes halogenated alkanes) is 1. The van der Waals surface area contributed by atoms with Crippen molar-refractivity contribution in [1.82, 2.24) is 33.9 Å². The first-order chi connectivity index (χ1) is 15.1. The SMILES string of the molecule is CCCCn1c(=O)n(CCCn2ncnc2Cc2ccccc2)c(=O)c2[nH]c(Cl)nc21.